The van der Waals surface area contributed by atoms with Gasteiger partial charge in [0.2, 0.25) is 0 Å². The number of hydrogen-bond acceptors (Lipinski definition) is 1. The average molecular weight is 362 g/mol. The van der Waals surface area contributed by atoms with Gasteiger partial charge >= 0.3 is 135 Å². The molecule has 0 bridgehead atoms. The van der Waals surface area contributed by atoms with Gasteiger partial charge in [-0.3, -0.25) is 0 Å². The van der Waals surface area contributed by atoms with Crippen LogP contribution < -0.4 is 0 Å². The van der Waals surface area contributed by atoms with Crippen LogP contribution >= 0.6 is 11.6 Å². The van der Waals surface area contributed by atoms with E-state index < -0.39 is 0 Å². The van der Waals surface area contributed by atoms with Crippen LogP contribution in [-0.4, -0.2) is 19.6 Å². The molecule has 0 spiro atoms. The fourth-order valence-electron chi connectivity index (χ4n) is 2.33. The number of benzene rings is 2. The third-order valence-electron chi connectivity index (χ3n) is 3.42. The number of halogens is 1. The molecule has 0 aliphatic rings. The van der Waals surface area contributed by atoms with Crippen LogP contribution in [0.4, 0.5) is 0 Å². The molecule has 1 aromatic heterocycles. The summed E-state index contributed by atoms with van der Waals surface area (Å²) in [6.45, 7) is 0. The van der Waals surface area contributed by atoms with Crippen molar-refractivity contribution in [1.82, 2.24) is 0 Å². The molecule has 0 saturated carbocycles. The topological polar surface area (TPSA) is 20.2 Å². The molecular formula is C18H15ClOSe. The van der Waals surface area contributed by atoms with Crippen LogP contribution in [-0.2, 0) is 12.8 Å². The Morgan fingerprint density at radius 1 is 0.810 bits per heavy atom. The van der Waals surface area contributed by atoms with Gasteiger partial charge in [0.15, 0.2) is 0 Å². The summed E-state index contributed by atoms with van der Waals surface area (Å²) in [4.78, 5) is 0. The van der Waals surface area contributed by atoms with Crippen molar-refractivity contribution in [2.75, 3.05) is 0 Å². The second-order valence-corrected chi connectivity index (χ2v) is 7.60. The van der Waals surface area contributed by atoms with Crippen molar-refractivity contribution in [1.29, 1.82) is 0 Å². The summed E-state index contributed by atoms with van der Waals surface area (Å²) in [6, 6.07) is 20.4. The van der Waals surface area contributed by atoms with E-state index in [1.807, 2.05) is 36.4 Å². The van der Waals surface area contributed by atoms with Crippen molar-refractivity contribution >= 4 is 26.1 Å². The number of rotatable bonds is 4. The summed E-state index contributed by atoms with van der Waals surface area (Å²) in [5, 5.41) is 11.0. The minimum absolute atomic E-state index is 0.0446. The predicted molar refractivity (Wildman–Crippen MR) is 88.6 cm³/mol. The fraction of sp³-hybridized carbons (Fsp3) is 0.111. The van der Waals surface area contributed by atoms with Crippen LogP contribution in [0.25, 0.3) is 0 Å². The molecule has 0 unspecified atom stereocenters. The summed E-state index contributed by atoms with van der Waals surface area (Å²) in [5.41, 5.74) is 3.31. The Bertz CT molecular complexity index is 720. The molecule has 0 radical (unpaired) electrons. The molecule has 3 aromatic rings. The van der Waals surface area contributed by atoms with Crippen LogP contribution in [0.5, 0.6) is 4.62 Å². The molecule has 3 heteroatoms. The molecule has 0 aliphatic carbocycles. The zero-order chi connectivity index (χ0) is 14.7. The van der Waals surface area contributed by atoms with E-state index in [0.29, 0.717) is 11.0 Å². The predicted octanol–water partition coefficient (Wildman–Crippen LogP) is 4.28. The third kappa shape index (κ3) is 3.41. The summed E-state index contributed by atoms with van der Waals surface area (Å²) in [5.74, 6) is 0. The maximum absolute atomic E-state index is 10.3. The van der Waals surface area contributed by atoms with Crippen molar-refractivity contribution < 1.29 is 5.11 Å². The summed E-state index contributed by atoms with van der Waals surface area (Å²) < 4.78 is 1.64. The van der Waals surface area contributed by atoms with Crippen LogP contribution in [0.15, 0.2) is 60.7 Å². The molecule has 1 nitrogen and oxygen atoms in total. The van der Waals surface area contributed by atoms with Gasteiger partial charge in [0.25, 0.3) is 0 Å². The molecule has 3 rings (SSSR count). The molecule has 0 saturated heterocycles. The quantitative estimate of drug-likeness (QED) is 0.688. The Balaban J connectivity index is 1.86. The van der Waals surface area contributed by atoms with Crippen molar-refractivity contribution in [3.05, 3.63) is 86.8 Å². The van der Waals surface area contributed by atoms with Crippen molar-refractivity contribution in [2.45, 2.75) is 12.8 Å². The Morgan fingerprint density at radius 2 is 1.33 bits per heavy atom. The van der Waals surface area contributed by atoms with Gasteiger partial charge in [-0.1, -0.05) is 0 Å². The Morgan fingerprint density at radius 3 is 1.90 bits per heavy atom. The van der Waals surface area contributed by atoms with E-state index in [-0.39, 0.29) is 14.5 Å². The first kappa shape index (κ1) is 14.5. The van der Waals surface area contributed by atoms with Crippen LogP contribution in [0.2, 0.25) is 5.02 Å². The van der Waals surface area contributed by atoms with Crippen molar-refractivity contribution in [3.8, 4) is 4.62 Å². The summed E-state index contributed by atoms with van der Waals surface area (Å²) in [7, 11) is 0. The molecule has 21 heavy (non-hydrogen) atoms. The van der Waals surface area contributed by atoms with E-state index in [1.165, 1.54) is 15.6 Å². The van der Waals surface area contributed by atoms with Gasteiger partial charge < -0.3 is 0 Å². The summed E-state index contributed by atoms with van der Waals surface area (Å²) >= 11 is 6.47. The molecule has 106 valence electrons. The Hall–Kier alpha value is -1.47. The molecule has 1 N–H and O–H groups in total. The zero-order valence-corrected chi connectivity index (χ0v) is 13.9. The van der Waals surface area contributed by atoms with E-state index in [4.69, 9.17) is 11.6 Å². The standard InChI is InChI=1S/C18H15ClOSe/c19-17-15(11-13-7-3-1-4-8-13)18(20)21-16(17)12-14-9-5-2-6-10-14/h1-10,20H,11-12H2. The molecular weight excluding hydrogens is 347 g/mol. The first-order valence-electron chi connectivity index (χ1n) is 6.81. The van der Waals surface area contributed by atoms with E-state index in [9.17, 15) is 5.11 Å². The van der Waals surface area contributed by atoms with Gasteiger partial charge in [0.05, 0.1) is 0 Å². The van der Waals surface area contributed by atoms with E-state index >= 15 is 0 Å². The second kappa shape index (κ2) is 6.53. The van der Waals surface area contributed by atoms with Gasteiger partial charge in [-0.15, -0.1) is 0 Å². The Kier molecular flexibility index (Phi) is 4.50. The monoisotopic (exact) mass is 362 g/mol. The maximum atomic E-state index is 10.3. The first-order chi connectivity index (χ1) is 10.2. The van der Waals surface area contributed by atoms with Gasteiger partial charge in [0.1, 0.15) is 0 Å². The SMILES string of the molecule is Oc1[se]c(Cc2ccccc2)c(Cl)c1Cc1ccccc1. The van der Waals surface area contributed by atoms with E-state index in [0.717, 1.165) is 17.0 Å². The van der Waals surface area contributed by atoms with E-state index in [2.05, 4.69) is 24.3 Å². The Labute approximate surface area is 135 Å². The normalized spacial score (nSPS) is 10.7. The number of aromatic hydroxyl groups is 1. The van der Waals surface area contributed by atoms with Gasteiger partial charge in [0, 0.05) is 0 Å². The third-order valence-corrected chi connectivity index (χ3v) is 6.30. The van der Waals surface area contributed by atoms with Crippen LogP contribution in [0, 0.1) is 0 Å². The van der Waals surface area contributed by atoms with Crippen LogP contribution in [0.1, 0.15) is 21.1 Å². The van der Waals surface area contributed by atoms with Crippen molar-refractivity contribution in [3.63, 3.8) is 0 Å². The van der Waals surface area contributed by atoms with Gasteiger partial charge in [-0.25, -0.2) is 0 Å². The molecule has 0 amide bonds. The zero-order valence-electron chi connectivity index (χ0n) is 11.4. The average Bonchev–Trinajstić information content (AvgIpc) is 2.77. The van der Waals surface area contributed by atoms with E-state index in [1.54, 1.807) is 0 Å². The second-order valence-electron chi connectivity index (χ2n) is 4.95. The van der Waals surface area contributed by atoms with Crippen LogP contribution in [0.3, 0.4) is 0 Å². The molecule has 2 aromatic carbocycles. The first-order valence-corrected chi connectivity index (χ1v) is 8.90. The van der Waals surface area contributed by atoms with Gasteiger partial charge in [-0.2, -0.15) is 0 Å². The molecule has 0 aliphatic heterocycles. The molecule has 0 atom stereocenters. The number of hydrogen-bond donors (Lipinski definition) is 1. The fourth-order valence-corrected chi connectivity index (χ4v) is 4.95. The molecule has 0 fully saturated rings. The van der Waals surface area contributed by atoms with Gasteiger partial charge in [-0.05, 0) is 0 Å². The molecule has 1 heterocycles. The van der Waals surface area contributed by atoms with Crippen molar-refractivity contribution in [2.24, 2.45) is 0 Å². The minimum atomic E-state index is -0.0446. The summed E-state index contributed by atoms with van der Waals surface area (Å²) in [6.07, 6.45) is 1.52.